The average molecular weight is 312 g/mol. The van der Waals surface area contributed by atoms with Crippen LogP contribution in [0.4, 0.5) is 8.78 Å². The molecule has 1 unspecified atom stereocenters. The quantitative estimate of drug-likeness (QED) is 0.598. The molecule has 1 aromatic carbocycles. The zero-order valence-electron chi connectivity index (χ0n) is 12.6. The Bertz CT molecular complexity index is 1030. The smallest absolute Gasteiger partial charge is 0.132 e. The van der Waals surface area contributed by atoms with E-state index in [0.29, 0.717) is 16.5 Å². The van der Waals surface area contributed by atoms with Gasteiger partial charge in [0.25, 0.3) is 0 Å². The van der Waals surface area contributed by atoms with Crippen molar-refractivity contribution in [3.8, 4) is 11.1 Å². The van der Waals surface area contributed by atoms with Gasteiger partial charge in [-0.2, -0.15) is 10.2 Å². The number of fused-ring (bicyclic) bond motifs is 2. The molecule has 0 fully saturated rings. The number of nitrogens with one attached hydrogen (secondary N) is 1. The molecule has 4 rings (SSSR count). The van der Waals surface area contributed by atoms with Crippen molar-refractivity contribution in [2.24, 2.45) is 0 Å². The molecule has 1 atom stereocenters. The first-order valence-corrected chi connectivity index (χ1v) is 7.30. The second kappa shape index (κ2) is 4.87. The fourth-order valence-corrected chi connectivity index (χ4v) is 3.05. The Balaban J connectivity index is 2.08. The average Bonchev–Trinajstić information content (AvgIpc) is 3.09. The van der Waals surface area contributed by atoms with Crippen molar-refractivity contribution in [3.63, 3.8) is 0 Å². The summed E-state index contributed by atoms with van der Waals surface area (Å²) < 4.78 is 30.3. The summed E-state index contributed by atoms with van der Waals surface area (Å²) in [7, 11) is 0. The minimum atomic E-state index is -1.42. The van der Waals surface area contributed by atoms with Gasteiger partial charge in [0.05, 0.1) is 22.9 Å². The number of rotatable bonds is 2. The molecule has 116 valence electrons. The van der Waals surface area contributed by atoms with Crippen LogP contribution in [0.25, 0.3) is 27.5 Å². The fraction of sp³-hybridized carbons (Fsp3) is 0.176. The van der Waals surface area contributed by atoms with Gasteiger partial charge in [-0.25, -0.2) is 13.3 Å². The first kappa shape index (κ1) is 13.9. The number of benzene rings is 1. The molecular formula is C17H14F2N4. The molecule has 0 radical (unpaired) electrons. The molecule has 0 aliphatic carbocycles. The SMILES string of the molecule is Cc1cc2cc(-c3c(C(C)F)c(F)cc4[nH]ncc34)ccn2n1. The lowest BCUT2D eigenvalue weighted by atomic mass is 9.94. The molecular weight excluding hydrogens is 298 g/mol. The summed E-state index contributed by atoms with van der Waals surface area (Å²) >= 11 is 0. The van der Waals surface area contributed by atoms with Gasteiger partial charge in [-0.1, -0.05) is 0 Å². The van der Waals surface area contributed by atoms with Crippen molar-refractivity contribution in [2.45, 2.75) is 20.0 Å². The van der Waals surface area contributed by atoms with Gasteiger partial charge in [0.15, 0.2) is 0 Å². The number of hydrogen-bond donors (Lipinski definition) is 1. The molecule has 1 N–H and O–H groups in total. The fourth-order valence-electron chi connectivity index (χ4n) is 3.05. The van der Waals surface area contributed by atoms with Gasteiger partial charge < -0.3 is 0 Å². The van der Waals surface area contributed by atoms with E-state index in [2.05, 4.69) is 15.3 Å². The Morgan fingerprint density at radius 1 is 1.26 bits per heavy atom. The molecule has 0 bridgehead atoms. The predicted molar refractivity (Wildman–Crippen MR) is 84.5 cm³/mol. The van der Waals surface area contributed by atoms with Gasteiger partial charge >= 0.3 is 0 Å². The summed E-state index contributed by atoms with van der Waals surface area (Å²) in [5.74, 6) is -0.573. The third-order valence-corrected chi connectivity index (χ3v) is 4.01. The van der Waals surface area contributed by atoms with E-state index in [1.165, 1.54) is 13.0 Å². The highest BCUT2D eigenvalue weighted by atomic mass is 19.1. The number of H-pyrrole nitrogens is 1. The molecule has 0 spiro atoms. The summed E-state index contributed by atoms with van der Waals surface area (Å²) in [5.41, 5.74) is 3.63. The van der Waals surface area contributed by atoms with Crippen LogP contribution in [-0.4, -0.2) is 19.8 Å². The number of aryl methyl sites for hydroxylation is 1. The number of halogens is 2. The van der Waals surface area contributed by atoms with Crippen LogP contribution in [0.1, 0.15) is 24.4 Å². The van der Waals surface area contributed by atoms with E-state index in [-0.39, 0.29) is 5.56 Å². The molecule has 6 heteroatoms. The Morgan fingerprint density at radius 3 is 2.87 bits per heavy atom. The Morgan fingerprint density at radius 2 is 2.09 bits per heavy atom. The molecule has 3 heterocycles. The van der Waals surface area contributed by atoms with Crippen molar-refractivity contribution >= 4 is 16.4 Å². The molecule has 0 amide bonds. The van der Waals surface area contributed by atoms with Crippen LogP contribution in [0.3, 0.4) is 0 Å². The number of aromatic nitrogens is 4. The Kier molecular flexibility index (Phi) is 2.94. The summed E-state index contributed by atoms with van der Waals surface area (Å²) in [6, 6.07) is 6.91. The lowest BCUT2D eigenvalue weighted by Gasteiger charge is -2.14. The minimum absolute atomic E-state index is 0.0551. The second-order valence-corrected chi connectivity index (χ2v) is 5.66. The van der Waals surface area contributed by atoms with Crippen molar-refractivity contribution in [2.75, 3.05) is 0 Å². The van der Waals surface area contributed by atoms with Crippen LogP contribution in [-0.2, 0) is 0 Å². The number of hydrogen-bond acceptors (Lipinski definition) is 2. The normalized spacial score (nSPS) is 13.0. The van der Waals surface area contributed by atoms with Crippen molar-refractivity contribution < 1.29 is 8.78 Å². The van der Waals surface area contributed by atoms with Gasteiger partial charge in [-0.15, -0.1) is 0 Å². The van der Waals surface area contributed by atoms with Crippen molar-refractivity contribution in [3.05, 3.63) is 53.7 Å². The van der Waals surface area contributed by atoms with E-state index in [1.54, 1.807) is 16.9 Å². The van der Waals surface area contributed by atoms with Gasteiger partial charge in [-0.05, 0) is 43.7 Å². The van der Waals surface area contributed by atoms with Crippen LogP contribution in [0, 0.1) is 12.7 Å². The maximum Gasteiger partial charge on any atom is 0.132 e. The number of aromatic amines is 1. The Hall–Kier alpha value is -2.76. The van der Waals surface area contributed by atoms with Crippen LogP contribution in [0.15, 0.2) is 36.7 Å². The lowest BCUT2D eigenvalue weighted by molar-refractivity contribution is 0.363. The number of pyridine rings is 1. The highest BCUT2D eigenvalue weighted by molar-refractivity contribution is 5.97. The topological polar surface area (TPSA) is 46.0 Å². The molecule has 4 nitrogen and oxygen atoms in total. The molecule has 3 aromatic heterocycles. The van der Waals surface area contributed by atoms with Gasteiger partial charge in [0, 0.05) is 22.7 Å². The second-order valence-electron chi connectivity index (χ2n) is 5.66. The van der Waals surface area contributed by atoms with E-state index in [1.807, 2.05) is 25.1 Å². The first-order valence-electron chi connectivity index (χ1n) is 7.30. The molecule has 23 heavy (non-hydrogen) atoms. The molecule has 0 saturated heterocycles. The summed E-state index contributed by atoms with van der Waals surface area (Å²) in [6.07, 6.45) is 1.97. The van der Waals surface area contributed by atoms with Crippen LogP contribution < -0.4 is 0 Å². The largest absolute Gasteiger partial charge is 0.278 e. The van der Waals surface area contributed by atoms with Crippen molar-refractivity contribution in [1.82, 2.24) is 19.8 Å². The van der Waals surface area contributed by atoms with Crippen LogP contribution in [0.5, 0.6) is 0 Å². The maximum absolute atomic E-state index is 14.4. The summed E-state index contributed by atoms with van der Waals surface area (Å²) in [6.45, 7) is 3.24. The van der Waals surface area contributed by atoms with Gasteiger partial charge in [0.2, 0.25) is 0 Å². The highest BCUT2D eigenvalue weighted by Crippen LogP contribution is 2.38. The van der Waals surface area contributed by atoms with Crippen molar-refractivity contribution in [1.29, 1.82) is 0 Å². The van der Waals surface area contributed by atoms with Gasteiger partial charge in [-0.3, -0.25) is 5.10 Å². The van der Waals surface area contributed by atoms with E-state index in [9.17, 15) is 8.78 Å². The van der Waals surface area contributed by atoms with Gasteiger partial charge in [0.1, 0.15) is 12.0 Å². The number of nitrogens with zero attached hydrogens (tertiary/aromatic N) is 3. The minimum Gasteiger partial charge on any atom is -0.278 e. The van der Waals surface area contributed by atoms with Crippen LogP contribution >= 0.6 is 0 Å². The molecule has 4 aromatic rings. The first-order chi connectivity index (χ1) is 11.0. The van der Waals surface area contributed by atoms with E-state index in [0.717, 1.165) is 16.8 Å². The third-order valence-electron chi connectivity index (χ3n) is 4.01. The third kappa shape index (κ3) is 2.10. The molecule has 0 aliphatic heterocycles. The standard InChI is InChI=1S/C17H14F2N4/c1-9-5-12-6-11(3-4-23(12)22-9)17-13-8-20-21-15(13)7-14(19)16(17)10(2)18/h3-8,10H,1-2H3,(H,20,21). The van der Waals surface area contributed by atoms with Crippen LogP contribution in [0.2, 0.25) is 0 Å². The van der Waals surface area contributed by atoms with E-state index < -0.39 is 12.0 Å². The zero-order valence-corrected chi connectivity index (χ0v) is 12.6. The van der Waals surface area contributed by atoms with E-state index >= 15 is 0 Å². The molecule has 0 aliphatic rings. The number of alkyl halides is 1. The highest BCUT2D eigenvalue weighted by Gasteiger charge is 2.21. The lowest BCUT2D eigenvalue weighted by Crippen LogP contribution is -1.98. The zero-order chi connectivity index (χ0) is 16.1. The summed E-state index contributed by atoms with van der Waals surface area (Å²) in [4.78, 5) is 0. The Labute approximate surface area is 130 Å². The molecule has 0 saturated carbocycles. The maximum atomic E-state index is 14.4. The summed E-state index contributed by atoms with van der Waals surface area (Å²) in [5, 5.41) is 11.7. The predicted octanol–water partition coefficient (Wildman–Crippen LogP) is 4.36. The monoisotopic (exact) mass is 312 g/mol. The van der Waals surface area contributed by atoms with E-state index in [4.69, 9.17) is 0 Å².